The lowest BCUT2D eigenvalue weighted by atomic mass is 10.1. The van der Waals surface area contributed by atoms with E-state index in [0.29, 0.717) is 5.92 Å². The summed E-state index contributed by atoms with van der Waals surface area (Å²) in [6, 6.07) is 8.01. The molecule has 0 radical (unpaired) electrons. The third-order valence-electron chi connectivity index (χ3n) is 3.34. The maximum Gasteiger partial charge on any atom is 0.227 e. The van der Waals surface area contributed by atoms with Crippen LogP contribution in [0.1, 0.15) is 25.3 Å². The van der Waals surface area contributed by atoms with Crippen LogP contribution in [0.25, 0.3) is 0 Å². The van der Waals surface area contributed by atoms with E-state index in [4.69, 9.17) is 0 Å². The number of benzene rings is 1. The molecule has 0 spiro atoms. The van der Waals surface area contributed by atoms with E-state index in [0.717, 1.165) is 24.9 Å². The fourth-order valence-electron chi connectivity index (χ4n) is 2.03. The predicted octanol–water partition coefficient (Wildman–Crippen LogP) is 3.40. The van der Waals surface area contributed by atoms with E-state index in [9.17, 15) is 4.79 Å². The van der Waals surface area contributed by atoms with Crippen LogP contribution in [0.3, 0.4) is 0 Å². The molecule has 0 bridgehead atoms. The first-order valence-corrected chi connectivity index (χ1v) is 6.22. The van der Waals surface area contributed by atoms with Crippen LogP contribution in [0.2, 0.25) is 0 Å². The summed E-state index contributed by atoms with van der Waals surface area (Å²) in [6.45, 7) is 5.85. The van der Waals surface area contributed by atoms with Crippen LogP contribution in [0, 0.1) is 11.8 Å². The lowest BCUT2D eigenvalue weighted by Gasteiger charge is -2.10. The van der Waals surface area contributed by atoms with Gasteiger partial charge >= 0.3 is 0 Å². The third-order valence-corrected chi connectivity index (χ3v) is 3.34. The highest BCUT2D eigenvalue weighted by Crippen LogP contribution is 2.38. The van der Waals surface area contributed by atoms with Crippen molar-refractivity contribution >= 4 is 11.6 Å². The number of nitrogens with one attached hydrogen (secondary N) is 1. The van der Waals surface area contributed by atoms with E-state index in [1.54, 1.807) is 0 Å². The van der Waals surface area contributed by atoms with Crippen LogP contribution in [0.15, 0.2) is 36.9 Å². The number of hydrogen-bond donors (Lipinski definition) is 1. The number of hydrogen-bond acceptors (Lipinski definition) is 1. The zero-order valence-electron chi connectivity index (χ0n) is 10.3. The molecule has 90 valence electrons. The lowest BCUT2D eigenvalue weighted by Crippen LogP contribution is -2.15. The van der Waals surface area contributed by atoms with Crippen LogP contribution in [0.5, 0.6) is 0 Å². The molecule has 1 aliphatic carbocycles. The minimum atomic E-state index is 0.170. The van der Waals surface area contributed by atoms with Gasteiger partial charge in [-0.15, -0.1) is 6.58 Å². The zero-order chi connectivity index (χ0) is 12.3. The fourth-order valence-corrected chi connectivity index (χ4v) is 2.03. The van der Waals surface area contributed by atoms with E-state index in [1.165, 1.54) is 5.56 Å². The number of anilines is 1. The molecule has 0 saturated heterocycles. The van der Waals surface area contributed by atoms with Crippen molar-refractivity contribution in [2.45, 2.75) is 26.2 Å². The number of amides is 1. The molecule has 1 N–H and O–H groups in total. The molecular weight excluding hydrogens is 210 g/mol. The summed E-state index contributed by atoms with van der Waals surface area (Å²) in [6.07, 6.45) is 4.80. The van der Waals surface area contributed by atoms with Gasteiger partial charge in [0, 0.05) is 11.6 Å². The van der Waals surface area contributed by atoms with Gasteiger partial charge in [0.2, 0.25) is 5.91 Å². The predicted molar refractivity (Wildman–Crippen MR) is 70.9 cm³/mol. The molecule has 1 aromatic carbocycles. The van der Waals surface area contributed by atoms with Crippen LogP contribution < -0.4 is 5.32 Å². The number of carbonyl (C=O) groups is 1. The van der Waals surface area contributed by atoms with Gasteiger partial charge in [0.1, 0.15) is 0 Å². The van der Waals surface area contributed by atoms with Gasteiger partial charge in [-0.1, -0.05) is 31.2 Å². The summed E-state index contributed by atoms with van der Waals surface area (Å²) in [5, 5.41) is 3.04. The van der Waals surface area contributed by atoms with Crippen molar-refractivity contribution in [1.82, 2.24) is 0 Å². The highest BCUT2D eigenvalue weighted by Gasteiger charge is 2.39. The van der Waals surface area contributed by atoms with Gasteiger partial charge < -0.3 is 5.32 Å². The van der Waals surface area contributed by atoms with Crippen molar-refractivity contribution in [3.63, 3.8) is 0 Å². The van der Waals surface area contributed by atoms with Crippen LogP contribution in [-0.4, -0.2) is 5.91 Å². The van der Waals surface area contributed by atoms with Gasteiger partial charge in [0.05, 0.1) is 0 Å². The molecule has 1 aromatic rings. The maximum absolute atomic E-state index is 11.9. The molecule has 2 rings (SSSR count). The molecule has 0 aromatic heterocycles. The Morgan fingerprint density at radius 1 is 1.53 bits per heavy atom. The Morgan fingerprint density at radius 2 is 2.24 bits per heavy atom. The molecule has 17 heavy (non-hydrogen) atoms. The molecule has 1 fully saturated rings. The Morgan fingerprint density at radius 3 is 2.88 bits per heavy atom. The van der Waals surface area contributed by atoms with Gasteiger partial charge in [0.15, 0.2) is 0 Å². The number of carbonyl (C=O) groups excluding carboxylic acids is 1. The first-order chi connectivity index (χ1) is 8.22. The van der Waals surface area contributed by atoms with Gasteiger partial charge in [0.25, 0.3) is 0 Å². The Kier molecular flexibility index (Phi) is 3.62. The molecule has 2 nitrogen and oxygen atoms in total. The average Bonchev–Trinajstić information content (AvgIpc) is 3.05. The number of para-hydroxylation sites is 1. The summed E-state index contributed by atoms with van der Waals surface area (Å²) in [5.74, 6) is 0.946. The maximum atomic E-state index is 11.9. The second-order valence-corrected chi connectivity index (χ2v) is 4.79. The van der Waals surface area contributed by atoms with E-state index in [1.807, 2.05) is 24.3 Å². The van der Waals surface area contributed by atoms with Gasteiger partial charge in [-0.25, -0.2) is 0 Å². The Labute approximate surface area is 103 Å². The van der Waals surface area contributed by atoms with E-state index < -0.39 is 0 Å². The Bertz CT molecular complexity index is 425. The SMILES string of the molecule is C=CCCc1ccccc1NC(=O)C1CC1C. The van der Waals surface area contributed by atoms with Crippen molar-refractivity contribution in [3.05, 3.63) is 42.5 Å². The summed E-state index contributed by atoms with van der Waals surface area (Å²) in [5.41, 5.74) is 2.15. The molecular formula is C15H19NO. The topological polar surface area (TPSA) is 29.1 Å². The quantitative estimate of drug-likeness (QED) is 0.770. The molecule has 0 aliphatic heterocycles. The highest BCUT2D eigenvalue weighted by molar-refractivity contribution is 5.95. The molecule has 2 unspecified atom stereocenters. The van der Waals surface area contributed by atoms with Crippen LogP contribution in [-0.2, 0) is 11.2 Å². The molecule has 1 saturated carbocycles. The smallest absolute Gasteiger partial charge is 0.227 e. The summed E-state index contributed by atoms with van der Waals surface area (Å²) >= 11 is 0. The van der Waals surface area contributed by atoms with Gasteiger partial charge in [-0.05, 0) is 36.8 Å². The molecule has 2 atom stereocenters. The monoisotopic (exact) mass is 229 g/mol. The van der Waals surface area contributed by atoms with Crippen LogP contribution in [0.4, 0.5) is 5.69 Å². The Hall–Kier alpha value is -1.57. The second-order valence-electron chi connectivity index (χ2n) is 4.79. The number of rotatable bonds is 5. The van der Waals surface area contributed by atoms with E-state index >= 15 is 0 Å². The van der Waals surface area contributed by atoms with Gasteiger partial charge in [-0.2, -0.15) is 0 Å². The van der Waals surface area contributed by atoms with Crippen molar-refractivity contribution < 1.29 is 4.79 Å². The minimum absolute atomic E-state index is 0.170. The normalized spacial score (nSPS) is 21.9. The van der Waals surface area contributed by atoms with Crippen molar-refractivity contribution in [2.24, 2.45) is 11.8 Å². The number of allylic oxidation sites excluding steroid dienone is 1. The second kappa shape index (κ2) is 5.17. The summed E-state index contributed by atoms with van der Waals surface area (Å²) < 4.78 is 0. The first-order valence-electron chi connectivity index (χ1n) is 6.22. The van der Waals surface area contributed by atoms with E-state index in [2.05, 4.69) is 24.9 Å². The fraction of sp³-hybridized carbons (Fsp3) is 0.400. The number of aryl methyl sites for hydroxylation is 1. The molecule has 1 aliphatic rings. The third kappa shape index (κ3) is 2.96. The lowest BCUT2D eigenvalue weighted by molar-refractivity contribution is -0.117. The summed E-state index contributed by atoms with van der Waals surface area (Å²) in [7, 11) is 0. The van der Waals surface area contributed by atoms with Crippen molar-refractivity contribution in [1.29, 1.82) is 0 Å². The minimum Gasteiger partial charge on any atom is -0.326 e. The Balaban J connectivity index is 2.03. The van der Waals surface area contributed by atoms with Gasteiger partial charge in [-0.3, -0.25) is 4.79 Å². The molecule has 0 heterocycles. The largest absolute Gasteiger partial charge is 0.326 e. The van der Waals surface area contributed by atoms with Crippen LogP contribution >= 0.6 is 0 Å². The summed E-state index contributed by atoms with van der Waals surface area (Å²) in [4.78, 5) is 11.9. The van der Waals surface area contributed by atoms with Crippen molar-refractivity contribution in [2.75, 3.05) is 5.32 Å². The van der Waals surface area contributed by atoms with Crippen molar-refractivity contribution in [3.8, 4) is 0 Å². The molecule has 1 amide bonds. The first kappa shape index (κ1) is 11.9. The standard InChI is InChI=1S/C15H19NO/c1-3-4-7-12-8-5-6-9-14(12)16-15(17)13-10-11(13)2/h3,5-6,8-9,11,13H,1,4,7,10H2,2H3,(H,16,17). The van der Waals surface area contributed by atoms with E-state index in [-0.39, 0.29) is 11.8 Å². The zero-order valence-corrected chi connectivity index (χ0v) is 10.3. The average molecular weight is 229 g/mol. The molecule has 2 heteroatoms. The highest BCUT2D eigenvalue weighted by atomic mass is 16.2.